The molecule has 0 aliphatic carbocycles. The van der Waals surface area contributed by atoms with Gasteiger partial charge in [0.1, 0.15) is 10.5 Å². The monoisotopic (exact) mass is 643 g/mol. The quantitative estimate of drug-likeness (QED) is 0.195. The van der Waals surface area contributed by atoms with E-state index in [9.17, 15) is 14.4 Å². The smallest absolute Gasteiger partial charge is 0.338 e. The van der Waals surface area contributed by atoms with Crippen molar-refractivity contribution in [1.29, 1.82) is 0 Å². The lowest BCUT2D eigenvalue weighted by Crippen LogP contribution is -2.42. The van der Waals surface area contributed by atoms with Crippen molar-refractivity contribution >= 4 is 78.8 Å². The van der Waals surface area contributed by atoms with Crippen molar-refractivity contribution in [3.05, 3.63) is 115 Å². The average molecular weight is 644 g/mol. The van der Waals surface area contributed by atoms with E-state index in [2.05, 4.69) is 24.3 Å². The molecule has 47 heavy (non-hydrogen) atoms. The molecule has 1 atom stereocenters. The molecule has 9 heteroatoms. The van der Waals surface area contributed by atoms with E-state index in [1.54, 1.807) is 19.9 Å². The number of hydrogen-bond acceptors (Lipinski definition) is 8. The number of benzene rings is 5. The average Bonchev–Trinajstić information content (AvgIpc) is 3.39. The largest absolute Gasteiger partial charge is 0.463 e. The number of carbonyl (C=O) groups excluding carboxylic acids is 2. The zero-order valence-electron chi connectivity index (χ0n) is 26.5. The maximum Gasteiger partial charge on any atom is 0.338 e. The molecular weight excluding hydrogens is 611 g/mol. The molecule has 1 unspecified atom stereocenters. The zero-order chi connectivity index (χ0) is 33.0. The Labute approximate surface area is 274 Å². The number of rotatable bonds is 7. The van der Waals surface area contributed by atoms with Crippen LogP contribution in [0.1, 0.15) is 30.9 Å². The van der Waals surface area contributed by atoms with Gasteiger partial charge in [-0.05, 0) is 75.5 Å². The summed E-state index contributed by atoms with van der Waals surface area (Å²) < 4.78 is 13.1. The first-order valence-electron chi connectivity index (χ1n) is 15.5. The summed E-state index contributed by atoms with van der Waals surface area (Å²) in [6.45, 7) is 3.62. The lowest BCUT2D eigenvalue weighted by molar-refractivity contribution is -0.138. The zero-order valence-corrected chi connectivity index (χ0v) is 27.3. The van der Waals surface area contributed by atoms with E-state index in [1.807, 2.05) is 73.6 Å². The number of nitrogens with two attached hydrogens (primary N) is 1. The predicted octanol–water partition coefficient (Wildman–Crippen LogP) is 4.90. The molecule has 0 spiro atoms. The molecule has 2 heterocycles. The van der Waals surface area contributed by atoms with Crippen LogP contribution in [0.3, 0.4) is 0 Å². The van der Waals surface area contributed by atoms with Gasteiger partial charge in [-0.3, -0.25) is 9.36 Å². The Kier molecular flexibility index (Phi) is 7.56. The molecule has 7 rings (SSSR count). The number of hydrogen-bond donors (Lipinski definition) is 1. The fourth-order valence-corrected chi connectivity index (χ4v) is 7.77. The lowest BCUT2D eigenvalue weighted by atomic mass is 9.79. The minimum Gasteiger partial charge on any atom is -0.463 e. The Morgan fingerprint density at radius 1 is 0.830 bits per heavy atom. The number of fused-ring (bicyclic) bond motifs is 1. The van der Waals surface area contributed by atoms with E-state index in [-0.39, 0.29) is 30.2 Å². The first kappa shape index (κ1) is 30.3. The van der Waals surface area contributed by atoms with Gasteiger partial charge < -0.3 is 20.1 Å². The van der Waals surface area contributed by atoms with Gasteiger partial charge in [0.15, 0.2) is 0 Å². The van der Waals surface area contributed by atoms with Gasteiger partial charge in [-0.2, -0.15) is 0 Å². The first-order chi connectivity index (χ1) is 22.7. The van der Waals surface area contributed by atoms with Gasteiger partial charge in [0.25, 0.3) is 5.56 Å². The number of ether oxygens (including phenoxy) is 2. The molecule has 1 aliphatic rings. The second-order valence-corrected chi connectivity index (χ2v) is 12.7. The van der Waals surface area contributed by atoms with Gasteiger partial charge in [-0.15, -0.1) is 11.3 Å². The highest BCUT2D eigenvalue weighted by atomic mass is 32.1. The van der Waals surface area contributed by atoms with Crippen molar-refractivity contribution in [2.45, 2.75) is 19.8 Å². The van der Waals surface area contributed by atoms with Gasteiger partial charge >= 0.3 is 11.9 Å². The van der Waals surface area contributed by atoms with Crippen molar-refractivity contribution in [3.63, 3.8) is 0 Å². The summed E-state index contributed by atoms with van der Waals surface area (Å²) in [6.07, 6.45) is 1.77. The van der Waals surface area contributed by atoms with E-state index < -0.39 is 23.4 Å². The minimum absolute atomic E-state index is 0.0271. The molecule has 0 fully saturated rings. The Hall–Kier alpha value is -5.41. The third-order valence-electron chi connectivity index (χ3n) is 8.72. The van der Waals surface area contributed by atoms with Crippen LogP contribution in [0.25, 0.3) is 49.8 Å². The van der Waals surface area contributed by atoms with Crippen molar-refractivity contribution < 1.29 is 19.1 Å². The summed E-state index contributed by atoms with van der Waals surface area (Å²) in [7, 11) is 3.91. The Morgan fingerprint density at radius 3 is 2.06 bits per heavy atom. The highest BCUT2D eigenvalue weighted by Gasteiger charge is 2.40. The minimum atomic E-state index is -0.956. The molecule has 236 valence electrons. The second-order valence-electron chi connectivity index (χ2n) is 11.6. The molecule has 1 aromatic heterocycles. The number of esters is 2. The molecule has 5 aromatic carbocycles. The highest BCUT2D eigenvalue weighted by Crippen LogP contribution is 2.44. The topological polar surface area (TPSA) is 104 Å². The standard InChI is InChI=1S/C38H33N3O5S/c1-5-45-37(43)32-31(27-19-15-24-13-12-22-8-7-9-23-14-18-26(27)30(24)29(22)23)33(38(44)46-6-2)36-41(34(32)39)35(42)28(47-36)20-21-10-16-25(17-11-21)40(3)4/h7-20,31H,5-6,39H2,1-4H3/b28-20-. The van der Waals surface area contributed by atoms with Crippen molar-refractivity contribution in [1.82, 2.24) is 4.57 Å². The van der Waals surface area contributed by atoms with Gasteiger partial charge in [0, 0.05) is 19.8 Å². The van der Waals surface area contributed by atoms with Crippen LogP contribution in [0.2, 0.25) is 0 Å². The van der Waals surface area contributed by atoms with Crippen LogP contribution >= 0.6 is 11.3 Å². The van der Waals surface area contributed by atoms with Crippen LogP contribution in [0.4, 0.5) is 5.69 Å². The molecule has 0 saturated heterocycles. The summed E-state index contributed by atoms with van der Waals surface area (Å²) in [6, 6.07) is 26.1. The third kappa shape index (κ3) is 4.85. The number of nitrogens with zero attached hydrogens (tertiary/aromatic N) is 2. The Bertz CT molecular complexity index is 2420. The third-order valence-corrected chi connectivity index (χ3v) is 9.83. The summed E-state index contributed by atoms with van der Waals surface area (Å²) in [5.74, 6) is -2.35. The molecule has 1 aliphatic heterocycles. The van der Waals surface area contributed by atoms with Crippen LogP contribution in [0, 0.1) is 0 Å². The highest BCUT2D eigenvalue weighted by molar-refractivity contribution is 7.07. The van der Waals surface area contributed by atoms with E-state index in [0.717, 1.165) is 54.9 Å². The molecule has 0 saturated carbocycles. The lowest BCUT2D eigenvalue weighted by Gasteiger charge is -2.28. The van der Waals surface area contributed by atoms with E-state index >= 15 is 0 Å². The summed E-state index contributed by atoms with van der Waals surface area (Å²) in [4.78, 5) is 43.9. The van der Waals surface area contributed by atoms with Crippen LogP contribution < -0.4 is 25.4 Å². The summed E-state index contributed by atoms with van der Waals surface area (Å²) in [5, 5.41) is 6.19. The number of thiazole rings is 1. The van der Waals surface area contributed by atoms with E-state index in [1.165, 1.54) is 4.57 Å². The second kappa shape index (κ2) is 11.7. The molecule has 6 aromatic rings. The van der Waals surface area contributed by atoms with Crippen LogP contribution in [-0.4, -0.2) is 43.8 Å². The fourth-order valence-electron chi connectivity index (χ4n) is 6.60. The van der Waals surface area contributed by atoms with E-state index in [4.69, 9.17) is 15.2 Å². The van der Waals surface area contributed by atoms with Crippen molar-refractivity contribution in [3.8, 4) is 0 Å². The van der Waals surface area contributed by atoms with Crippen LogP contribution in [-0.2, 0) is 19.1 Å². The van der Waals surface area contributed by atoms with E-state index in [0.29, 0.717) is 14.8 Å². The molecular formula is C38H33N3O5S. The Morgan fingerprint density at radius 2 is 1.43 bits per heavy atom. The SMILES string of the molecule is CCOC(=O)C1=C(N)n2c(s/c(=C\c3ccc(N(C)C)cc3)c2=O)=C(C(=O)OCC)C1c1ccc2ccc3cccc4ccc1c2c34. The summed E-state index contributed by atoms with van der Waals surface area (Å²) in [5.41, 5.74) is 9.08. The molecule has 0 amide bonds. The number of aromatic nitrogens is 1. The normalized spacial score (nSPS) is 15.1. The maximum atomic E-state index is 14.0. The maximum absolute atomic E-state index is 14.0. The molecule has 0 radical (unpaired) electrons. The Balaban J connectivity index is 1.57. The predicted molar refractivity (Wildman–Crippen MR) is 189 cm³/mol. The van der Waals surface area contributed by atoms with Crippen molar-refractivity contribution in [2.24, 2.45) is 5.73 Å². The van der Waals surface area contributed by atoms with Crippen LogP contribution in [0.5, 0.6) is 0 Å². The van der Waals surface area contributed by atoms with Gasteiger partial charge in [-0.1, -0.05) is 66.7 Å². The van der Waals surface area contributed by atoms with Gasteiger partial charge in [0.05, 0.1) is 34.8 Å². The van der Waals surface area contributed by atoms with Crippen LogP contribution in [0.15, 0.2) is 89.2 Å². The van der Waals surface area contributed by atoms with Crippen molar-refractivity contribution in [2.75, 3.05) is 32.2 Å². The molecule has 0 bridgehead atoms. The number of anilines is 1. The first-order valence-corrected chi connectivity index (χ1v) is 16.3. The summed E-state index contributed by atoms with van der Waals surface area (Å²) >= 11 is 1.15. The van der Waals surface area contributed by atoms with Gasteiger partial charge in [0.2, 0.25) is 0 Å². The fraction of sp³-hybridized carbons (Fsp3) is 0.184. The van der Waals surface area contributed by atoms with Gasteiger partial charge in [-0.25, -0.2) is 9.59 Å². The number of carbonyl (C=O) groups is 2. The molecule has 8 nitrogen and oxygen atoms in total. The molecule has 2 N–H and O–H groups in total.